The highest BCUT2D eigenvalue weighted by atomic mass is 16.6. The number of rotatable bonds is 9. The van der Waals surface area contributed by atoms with Crippen molar-refractivity contribution in [2.45, 2.75) is 25.8 Å². The Morgan fingerprint density at radius 3 is 2.65 bits per heavy atom. The number of nitro benzene ring substituents is 1. The van der Waals surface area contributed by atoms with Crippen LogP contribution in [0.15, 0.2) is 18.2 Å². The molecule has 0 spiro atoms. The Kier molecular flexibility index (Phi) is 6.97. The lowest BCUT2D eigenvalue weighted by atomic mass is 10.0. The molecule has 1 rings (SSSR count). The molecule has 0 aliphatic rings. The van der Waals surface area contributed by atoms with Crippen molar-refractivity contribution in [2.75, 3.05) is 27.4 Å². The molecule has 0 fully saturated rings. The summed E-state index contributed by atoms with van der Waals surface area (Å²) in [7, 11) is 3.18. The van der Waals surface area contributed by atoms with Crippen LogP contribution in [0.25, 0.3) is 0 Å². The molecule has 0 aliphatic carbocycles. The van der Waals surface area contributed by atoms with E-state index in [1.807, 2.05) is 13.0 Å². The van der Waals surface area contributed by atoms with Gasteiger partial charge in [0.15, 0.2) is 0 Å². The predicted octanol–water partition coefficient (Wildman–Crippen LogP) is 2.16. The van der Waals surface area contributed by atoms with Crippen molar-refractivity contribution >= 4 is 5.69 Å². The SMILES string of the molecule is CCNC(CCc1cc(OC)cc([N+](=O)[O-])c1)COC. The fourth-order valence-corrected chi connectivity index (χ4v) is 2.09. The van der Waals surface area contributed by atoms with Crippen molar-refractivity contribution < 1.29 is 14.4 Å². The fourth-order valence-electron chi connectivity index (χ4n) is 2.09. The molecule has 112 valence electrons. The molecule has 1 N–H and O–H groups in total. The maximum absolute atomic E-state index is 10.9. The van der Waals surface area contributed by atoms with Crippen LogP contribution >= 0.6 is 0 Å². The van der Waals surface area contributed by atoms with E-state index in [-0.39, 0.29) is 11.7 Å². The molecule has 0 heterocycles. The molecular weight excluding hydrogens is 260 g/mol. The molecule has 1 unspecified atom stereocenters. The van der Waals surface area contributed by atoms with Crippen LogP contribution in [0, 0.1) is 10.1 Å². The van der Waals surface area contributed by atoms with Crippen LogP contribution in [0.4, 0.5) is 5.69 Å². The number of hydrogen-bond acceptors (Lipinski definition) is 5. The summed E-state index contributed by atoms with van der Waals surface area (Å²) < 4.78 is 10.3. The van der Waals surface area contributed by atoms with Gasteiger partial charge in [-0.1, -0.05) is 6.92 Å². The number of nitro groups is 1. The highest BCUT2D eigenvalue weighted by Crippen LogP contribution is 2.23. The molecule has 6 heteroatoms. The van der Waals surface area contributed by atoms with Crippen LogP contribution in [-0.4, -0.2) is 38.3 Å². The molecule has 0 aliphatic heterocycles. The first-order chi connectivity index (χ1) is 9.60. The Balaban J connectivity index is 2.75. The van der Waals surface area contributed by atoms with E-state index >= 15 is 0 Å². The van der Waals surface area contributed by atoms with Crippen molar-refractivity contribution in [3.63, 3.8) is 0 Å². The quantitative estimate of drug-likeness (QED) is 0.555. The highest BCUT2D eigenvalue weighted by Gasteiger charge is 2.12. The molecule has 0 saturated carbocycles. The number of hydrogen-bond donors (Lipinski definition) is 1. The third-order valence-electron chi connectivity index (χ3n) is 3.04. The Labute approximate surface area is 119 Å². The minimum atomic E-state index is -0.400. The second-order valence-corrected chi connectivity index (χ2v) is 4.55. The smallest absolute Gasteiger partial charge is 0.273 e. The van der Waals surface area contributed by atoms with E-state index < -0.39 is 4.92 Å². The number of nitrogens with zero attached hydrogens (tertiary/aromatic N) is 1. The van der Waals surface area contributed by atoms with Gasteiger partial charge in [0.25, 0.3) is 5.69 Å². The number of non-ortho nitro benzene ring substituents is 1. The van der Waals surface area contributed by atoms with Crippen LogP contribution in [-0.2, 0) is 11.2 Å². The Morgan fingerprint density at radius 1 is 1.35 bits per heavy atom. The van der Waals surface area contributed by atoms with Gasteiger partial charge in [-0.25, -0.2) is 0 Å². The lowest BCUT2D eigenvalue weighted by Crippen LogP contribution is -2.33. The van der Waals surface area contributed by atoms with Crippen molar-refractivity contribution in [1.29, 1.82) is 0 Å². The summed E-state index contributed by atoms with van der Waals surface area (Å²) in [5.41, 5.74) is 0.959. The zero-order valence-corrected chi connectivity index (χ0v) is 12.2. The van der Waals surface area contributed by atoms with Crippen LogP contribution in [0.3, 0.4) is 0 Å². The van der Waals surface area contributed by atoms with E-state index in [0.717, 1.165) is 24.9 Å². The Hall–Kier alpha value is -1.66. The second-order valence-electron chi connectivity index (χ2n) is 4.55. The summed E-state index contributed by atoms with van der Waals surface area (Å²) in [6, 6.07) is 5.11. The largest absolute Gasteiger partial charge is 0.496 e. The third kappa shape index (κ3) is 5.14. The van der Waals surface area contributed by atoms with E-state index in [2.05, 4.69) is 5.32 Å². The molecule has 1 aromatic rings. The normalized spacial score (nSPS) is 12.2. The first-order valence-corrected chi connectivity index (χ1v) is 6.65. The number of likely N-dealkylation sites (N-methyl/N-ethyl adjacent to an activating group) is 1. The lowest BCUT2D eigenvalue weighted by molar-refractivity contribution is -0.385. The van der Waals surface area contributed by atoms with E-state index in [0.29, 0.717) is 12.4 Å². The number of ether oxygens (including phenoxy) is 2. The summed E-state index contributed by atoms with van der Waals surface area (Å²) in [4.78, 5) is 10.5. The lowest BCUT2D eigenvalue weighted by Gasteiger charge is -2.16. The zero-order valence-electron chi connectivity index (χ0n) is 12.2. The van der Waals surface area contributed by atoms with Gasteiger partial charge in [-0.3, -0.25) is 10.1 Å². The van der Waals surface area contributed by atoms with Gasteiger partial charge in [-0.15, -0.1) is 0 Å². The number of aryl methyl sites for hydroxylation is 1. The van der Waals surface area contributed by atoms with E-state index in [9.17, 15) is 10.1 Å². The standard InChI is InChI=1S/C14H22N2O4/c1-4-15-12(10-19-2)6-5-11-7-13(16(17)18)9-14(8-11)20-3/h7-9,12,15H,4-6,10H2,1-3H3. The summed E-state index contributed by atoms with van der Waals surface area (Å²) >= 11 is 0. The van der Waals surface area contributed by atoms with E-state index in [4.69, 9.17) is 9.47 Å². The van der Waals surface area contributed by atoms with Gasteiger partial charge in [0.1, 0.15) is 5.75 Å². The molecule has 0 saturated heterocycles. The van der Waals surface area contributed by atoms with Crippen LogP contribution < -0.4 is 10.1 Å². The van der Waals surface area contributed by atoms with Gasteiger partial charge in [-0.2, -0.15) is 0 Å². The summed E-state index contributed by atoms with van der Waals surface area (Å²) in [6.07, 6.45) is 1.59. The van der Waals surface area contributed by atoms with Crippen molar-refractivity contribution in [3.8, 4) is 5.75 Å². The highest BCUT2D eigenvalue weighted by molar-refractivity contribution is 5.42. The zero-order chi connectivity index (χ0) is 15.0. The van der Waals surface area contributed by atoms with E-state index in [1.54, 1.807) is 13.2 Å². The first-order valence-electron chi connectivity index (χ1n) is 6.65. The molecule has 1 atom stereocenters. The second kappa shape index (κ2) is 8.50. The number of methoxy groups -OCH3 is 2. The van der Waals surface area contributed by atoms with Crippen molar-refractivity contribution in [1.82, 2.24) is 5.32 Å². The topological polar surface area (TPSA) is 73.6 Å². The van der Waals surface area contributed by atoms with Gasteiger partial charge < -0.3 is 14.8 Å². The van der Waals surface area contributed by atoms with Gasteiger partial charge >= 0.3 is 0 Å². The van der Waals surface area contributed by atoms with Crippen LogP contribution in [0.5, 0.6) is 5.75 Å². The molecular formula is C14H22N2O4. The molecule has 0 aromatic heterocycles. The Morgan fingerprint density at radius 2 is 2.10 bits per heavy atom. The molecule has 20 heavy (non-hydrogen) atoms. The predicted molar refractivity (Wildman–Crippen MR) is 77.3 cm³/mol. The van der Waals surface area contributed by atoms with E-state index in [1.165, 1.54) is 13.2 Å². The third-order valence-corrected chi connectivity index (χ3v) is 3.04. The summed E-state index contributed by atoms with van der Waals surface area (Å²) in [5.74, 6) is 0.515. The summed E-state index contributed by atoms with van der Waals surface area (Å²) in [5, 5.41) is 14.2. The summed E-state index contributed by atoms with van der Waals surface area (Å²) in [6.45, 7) is 3.53. The molecule has 6 nitrogen and oxygen atoms in total. The molecule has 0 radical (unpaired) electrons. The average molecular weight is 282 g/mol. The molecule has 0 bridgehead atoms. The molecule has 1 aromatic carbocycles. The number of nitrogens with one attached hydrogen (secondary N) is 1. The monoisotopic (exact) mass is 282 g/mol. The molecule has 0 amide bonds. The maximum Gasteiger partial charge on any atom is 0.273 e. The van der Waals surface area contributed by atoms with Crippen molar-refractivity contribution in [3.05, 3.63) is 33.9 Å². The average Bonchev–Trinajstić information content (AvgIpc) is 2.44. The van der Waals surface area contributed by atoms with Gasteiger partial charge in [-0.05, 0) is 31.0 Å². The maximum atomic E-state index is 10.9. The minimum absolute atomic E-state index is 0.0612. The van der Waals surface area contributed by atoms with Crippen LogP contribution in [0.1, 0.15) is 18.9 Å². The van der Waals surface area contributed by atoms with Crippen molar-refractivity contribution in [2.24, 2.45) is 0 Å². The van der Waals surface area contributed by atoms with Gasteiger partial charge in [0, 0.05) is 19.2 Å². The van der Waals surface area contributed by atoms with Crippen LogP contribution in [0.2, 0.25) is 0 Å². The number of benzene rings is 1. The van der Waals surface area contributed by atoms with Gasteiger partial charge in [0.2, 0.25) is 0 Å². The Bertz CT molecular complexity index is 431. The minimum Gasteiger partial charge on any atom is -0.496 e. The first kappa shape index (κ1) is 16.4. The van der Waals surface area contributed by atoms with Gasteiger partial charge in [0.05, 0.1) is 24.7 Å². The fraction of sp³-hybridized carbons (Fsp3) is 0.571.